The number of Topliss-reactive ketones (excluding diaryl/α,β-unsaturated/α-hetero) is 1. The summed E-state index contributed by atoms with van der Waals surface area (Å²) in [6, 6.07) is 8.37. The number of hydrogen-bond donors (Lipinski definition) is 0. The van der Waals surface area contributed by atoms with Crippen LogP contribution in [0.25, 0.3) is 11.1 Å². The number of aromatic nitrogens is 1. The van der Waals surface area contributed by atoms with Crippen LogP contribution in [0.3, 0.4) is 0 Å². The van der Waals surface area contributed by atoms with Gasteiger partial charge in [0.2, 0.25) is 0 Å². The molecule has 2 aliphatic rings. The Morgan fingerprint density at radius 2 is 2.00 bits per heavy atom. The molecular formula is C17H15IN2O. The number of rotatable bonds is 2. The summed E-state index contributed by atoms with van der Waals surface area (Å²) in [5.74, 6) is 0.889. The molecule has 4 heteroatoms. The fourth-order valence-electron chi connectivity index (χ4n) is 2.90. The molecule has 1 atom stereocenters. The first kappa shape index (κ1) is 13.2. The summed E-state index contributed by atoms with van der Waals surface area (Å²) in [5, 5.41) is 0. The molecule has 0 N–H and O–H groups in total. The summed E-state index contributed by atoms with van der Waals surface area (Å²) in [7, 11) is 1.97. The minimum absolute atomic E-state index is 0.0937. The molecule has 0 saturated heterocycles. The maximum absolute atomic E-state index is 12.3. The number of alkyl halides is 1. The molecule has 4 rings (SSSR count). The highest BCUT2D eigenvalue weighted by molar-refractivity contribution is 14.1. The highest BCUT2D eigenvalue weighted by atomic mass is 127. The summed E-state index contributed by atoms with van der Waals surface area (Å²) in [6.07, 6.45) is 6.40. The largest absolute Gasteiger partial charge is 0.355 e. The molecule has 1 aliphatic carbocycles. The van der Waals surface area contributed by atoms with Crippen molar-refractivity contribution in [2.45, 2.75) is 22.8 Å². The lowest BCUT2D eigenvalue weighted by atomic mass is 10.0. The smallest absolute Gasteiger partial charge is 0.197 e. The van der Waals surface area contributed by atoms with Crippen LogP contribution in [0.1, 0.15) is 34.7 Å². The van der Waals surface area contributed by atoms with Crippen LogP contribution >= 0.6 is 22.6 Å². The predicted octanol–water partition coefficient (Wildman–Crippen LogP) is 4.02. The maximum atomic E-state index is 12.3. The van der Waals surface area contributed by atoms with Gasteiger partial charge in [-0.2, -0.15) is 0 Å². The van der Waals surface area contributed by atoms with Gasteiger partial charge in [-0.05, 0) is 70.7 Å². The number of ketones is 1. The van der Waals surface area contributed by atoms with Crippen LogP contribution in [0.5, 0.6) is 0 Å². The van der Waals surface area contributed by atoms with Crippen molar-refractivity contribution in [3.63, 3.8) is 0 Å². The minimum Gasteiger partial charge on any atom is -0.355 e. The number of carbonyl (C=O) groups is 1. The van der Waals surface area contributed by atoms with E-state index in [1.165, 1.54) is 18.4 Å². The molecule has 1 aromatic heterocycles. The standard InChI is InChI=1S/C17H15IN2O/c1-20-15-5-4-11(7-14(15)16(21)17(20)18)13-6-12(8-19-9-13)10-2-3-10/h4-10,17H,2-3H2,1H3. The molecule has 1 aliphatic heterocycles. The zero-order valence-corrected chi connectivity index (χ0v) is 13.9. The van der Waals surface area contributed by atoms with Crippen LogP contribution < -0.4 is 4.90 Å². The second kappa shape index (κ2) is 4.80. The van der Waals surface area contributed by atoms with Gasteiger partial charge in [0.15, 0.2) is 5.78 Å². The molecule has 0 spiro atoms. The van der Waals surface area contributed by atoms with Crippen molar-refractivity contribution in [3.8, 4) is 11.1 Å². The summed E-state index contributed by atoms with van der Waals surface area (Å²) in [6.45, 7) is 0. The fraction of sp³-hybridized carbons (Fsp3) is 0.294. The first-order valence-electron chi connectivity index (χ1n) is 7.15. The molecule has 2 heterocycles. The third kappa shape index (κ3) is 2.16. The predicted molar refractivity (Wildman–Crippen MR) is 92.2 cm³/mol. The molecule has 106 valence electrons. The zero-order valence-electron chi connectivity index (χ0n) is 11.7. The van der Waals surface area contributed by atoms with Crippen LogP contribution in [-0.2, 0) is 0 Å². The van der Waals surface area contributed by atoms with Crippen molar-refractivity contribution in [3.05, 3.63) is 47.8 Å². The second-order valence-electron chi connectivity index (χ2n) is 5.82. The van der Waals surface area contributed by atoms with E-state index in [-0.39, 0.29) is 9.83 Å². The number of hydrogen-bond acceptors (Lipinski definition) is 3. The average Bonchev–Trinajstić information content (AvgIpc) is 3.34. The van der Waals surface area contributed by atoms with E-state index in [1.54, 1.807) is 0 Å². The van der Waals surface area contributed by atoms with Gasteiger partial charge in [-0.25, -0.2) is 0 Å². The molecule has 2 aromatic rings. The normalized spacial score (nSPS) is 20.8. The highest BCUT2D eigenvalue weighted by Crippen LogP contribution is 2.41. The van der Waals surface area contributed by atoms with Crippen molar-refractivity contribution >= 4 is 34.1 Å². The summed E-state index contributed by atoms with van der Waals surface area (Å²) >= 11 is 2.19. The van der Waals surface area contributed by atoms with Crippen molar-refractivity contribution < 1.29 is 4.79 Å². The van der Waals surface area contributed by atoms with E-state index in [4.69, 9.17) is 0 Å². The number of nitrogens with zero attached hydrogens (tertiary/aromatic N) is 2. The Balaban J connectivity index is 1.77. The van der Waals surface area contributed by atoms with Gasteiger partial charge in [0.05, 0.1) is 0 Å². The van der Waals surface area contributed by atoms with Gasteiger partial charge in [0, 0.05) is 36.3 Å². The van der Waals surface area contributed by atoms with Gasteiger partial charge in [-0.1, -0.05) is 6.07 Å². The van der Waals surface area contributed by atoms with Crippen LogP contribution in [-0.4, -0.2) is 21.9 Å². The molecule has 1 saturated carbocycles. The Bertz CT molecular complexity index is 739. The molecule has 0 radical (unpaired) electrons. The number of anilines is 1. The SMILES string of the molecule is CN1c2ccc(-c3cncc(C4CC4)c3)cc2C(=O)C1I. The van der Waals surface area contributed by atoms with Crippen LogP contribution in [0.4, 0.5) is 5.69 Å². The molecular weight excluding hydrogens is 375 g/mol. The molecule has 1 unspecified atom stereocenters. The first-order chi connectivity index (χ1) is 10.1. The van der Waals surface area contributed by atoms with Crippen LogP contribution in [0.2, 0.25) is 0 Å². The lowest BCUT2D eigenvalue weighted by Gasteiger charge is -2.15. The molecule has 0 bridgehead atoms. The molecule has 3 nitrogen and oxygen atoms in total. The topological polar surface area (TPSA) is 33.2 Å². The molecule has 0 amide bonds. The number of halogens is 1. The Morgan fingerprint density at radius 3 is 2.76 bits per heavy atom. The molecule has 1 aromatic carbocycles. The van der Waals surface area contributed by atoms with E-state index in [0.29, 0.717) is 5.92 Å². The van der Waals surface area contributed by atoms with E-state index >= 15 is 0 Å². The van der Waals surface area contributed by atoms with Gasteiger partial charge < -0.3 is 4.90 Å². The first-order valence-corrected chi connectivity index (χ1v) is 8.40. The molecule has 1 fully saturated rings. The van der Waals surface area contributed by atoms with E-state index in [2.05, 4.69) is 39.7 Å². The van der Waals surface area contributed by atoms with E-state index < -0.39 is 0 Å². The Hall–Kier alpha value is -1.43. The van der Waals surface area contributed by atoms with Crippen LogP contribution in [0, 0.1) is 0 Å². The Morgan fingerprint density at radius 1 is 1.19 bits per heavy atom. The summed E-state index contributed by atoms with van der Waals surface area (Å²) < 4.78 is -0.0937. The third-order valence-corrected chi connectivity index (χ3v) is 5.74. The van der Waals surface area contributed by atoms with E-state index in [0.717, 1.165) is 22.4 Å². The summed E-state index contributed by atoms with van der Waals surface area (Å²) in [5.41, 5.74) is 5.36. The molecule has 21 heavy (non-hydrogen) atoms. The summed E-state index contributed by atoms with van der Waals surface area (Å²) in [4.78, 5) is 18.7. The number of fused-ring (bicyclic) bond motifs is 1. The third-order valence-electron chi connectivity index (χ3n) is 4.34. The average molecular weight is 390 g/mol. The van der Waals surface area contributed by atoms with E-state index in [9.17, 15) is 4.79 Å². The van der Waals surface area contributed by atoms with Gasteiger partial charge in [0.1, 0.15) is 4.05 Å². The van der Waals surface area contributed by atoms with Crippen molar-refractivity contribution in [1.82, 2.24) is 4.98 Å². The Labute approximate surface area is 137 Å². The van der Waals surface area contributed by atoms with Gasteiger partial charge >= 0.3 is 0 Å². The van der Waals surface area contributed by atoms with Crippen LogP contribution in [0.15, 0.2) is 36.7 Å². The number of pyridine rings is 1. The lowest BCUT2D eigenvalue weighted by molar-refractivity contribution is 0.100. The fourth-order valence-corrected chi connectivity index (χ4v) is 3.54. The van der Waals surface area contributed by atoms with Gasteiger partial charge in [0.25, 0.3) is 0 Å². The zero-order chi connectivity index (χ0) is 14.6. The lowest BCUT2D eigenvalue weighted by Crippen LogP contribution is -2.24. The number of benzene rings is 1. The number of carbonyl (C=O) groups excluding carboxylic acids is 1. The second-order valence-corrected chi connectivity index (χ2v) is 7.00. The van der Waals surface area contributed by atoms with Crippen molar-refractivity contribution in [2.75, 3.05) is 11.9 Å². The van der Waals surface area contributed by atoms with Crippen molar-refractivity contribution in [2.24, 2.45) is 0 Å². The van der Waals surface area contributed by atoms with E-state index in [1.807, 2.05) is 36.5 Å². The quantitative estimate of drug-likeness (QED) is 0.441. The maximum Gasteiger partial charge on any atom is 0.197 e. The van der Waals surface area contributed by atoms with Gasteiger partial charge in [-0.3, -0.25) is 9.78 Å². The Kier molecular flexibility index (Phi) is 3.03. The number of likely N-dealkylation sites (N-methyl/N-ethyl adjacent to an activating group) is 1. The van der Waals surface area contributed by atoms with Gasteiger partial charge in [-0.15, -0.1) is 0 Å². The highest BCUT2D eigenvalue weighted by Gasteiger charge is 2.33. The minimum atomic E-state index is -0.0937. The monoisotopic (exact) mass is 390 g/mol. The van der Waals surface area contributed by atoms with Crippen molar-refractivity contribution in [1.29, 1.82) is 0 Å².